The molecule has 1 aliphatic heterocycles. The van der Waals surface area contributed by atoms with Crippen molar-refractivity contribution in [3.05, 3.63) is 0 Å². The van der Waals surface area contributed by atoms with Gasteiger partial charge in [0.2, 0.25) is 0 Å². The van der Waals surface area contributed by atoms with Gasteiger partial charge in [0.25, 0.3) is 0 Å². The van der Waals surface area contributed by atoms with Crippen LogP contribution in [0.2, 0.25) is 0 Å². The first-order valence-corrected chi connectivity index (χ1v) is 10.1. The highest BCUT2D eigenvalue weighted by Crippen LogP contribution is 2.27. The van der Waals surface area contributed by atoms with Crippen molar-refractivity contribution in [3.63, 3.8) is 0 Å². The first-order chi connectivity index (χ1) is 10.6. The molecular weight excluding hydrogens is 270 g/mol. The average Bonchev–Trinajstić information content (AvgIpc) is 2.84. The van der Waals surface area contributed by atoms with Crippen molar-refractivity contribution in [1.29, 1.82) is 0 Å². The molecule has 0 aromatic rings. The Labute approximate surface area is 139 Å². The maximum absolute atomic E-state index is 10.3. The quantitative estimate of drug-likeness (QED) is 0.452. The Morgan fingerprint density at radius 3 is 1.77 bits per heavy atom. The van der Waals surface area contributed by atoms with E-state index in [1.54, 1.807) is 0 Å². The standard InChI is InChI=1S/C20H41NO/c1-4-6-8-10-12-14-19(15-13-11-9-7-5-2)21-17-16-20(3,22)18-21/h19,22H,4-18H2,1-3H3/t20-/m1/s1. The summed E-state index contributed by atoms with van der Waals surface area (Å²) in [5, 5.41) is 10.3. The molecule has 0 amide bonds. The fraction of sp³-hybridized carbons (Fsp3) is 1.00. The molecule has 1 N–H and O–H groups in total. The third kappa shape index (κ3) is 8.53. The molecule has 2 nitrogen and oxygen atoms in total. The van der Waals surface area contributed by atoms with Gasteiger partial charge in [-0.05, 0) is 26.2 Å². The van der Waals surface area contributed by atoms with E-state index in [4.69, 9.17) is 0 Å². The second-order valence-electron chi connectivity index (χ2n) is 7.78. The van der Waals surface area contributed by atoms with Crippen LogP contribution in [0, 0.1) is 0 Å². The van der Waals surface area contributed by atoms with Crippen LogP contribution in [-0.4, -0.2) is 34.7 Å². The van der Waals surface area contributed by atoms with Gasteiger partial charge in [-0.2, -0.15) is 0 Å². The Kier molecular flexibility index (Phi) is 10.4. The second kappa shape index (κ2) is 11.5. The molecule has 1 atom stereocenters. The van der Waals surface area contributed by atoms with E-state index < -0.39 is 5.60 Å². The Bertz CT molecular complexity index is 250. The summed E-state index contributed by atoms with van der Waals surface area (Å²) in [6, 6.07) is 0.720. The molecule has 2 heteroatoms. The van der Waals surface area contributed by atoms with Crippen molar-refractivity contribution in [3.8, 4) is 0 Å². The molecule has 0 unspecified atom stereocenters. The van der Waals surface area contributed by atoms with Crippen LogP contribution in [0.5, 0.6) is 0 Å². The molecule has 1 heterocycles. The van der Waals surface area contributed by atoms with Crippen molar-refractivity contribution in [2.75, 3.05) is 13.1 Å². The molecule has 0 bridgehead atoms. The predicted molar refractivity (Wildman–Crippen MR) is 97.4 cm³/mol. The Hall–Kier alpha value is -0.0800. The fourth-order valence-corrected chi connectivity index (χ4v) is 3.77. The molecule has 0 radical (unpaired) electrons. The first-order valence-electron chi connectivity index (χ1n) is 10.1. The van der Waals surface area contributed by atoms with Crippen LogP contribution in [0.15, 0.2) is 0 Å². The van der Waals surface area contributed by atoms with Crippen molar-refractivity contribution < 1.29 is 5.11 Å². The lowest BCUT2D eigenvalue weighted by atomic mass is 9.99. The maximum Gasteiger partial charge on any atom is 0.0758 e. The van der Waals surface area contributed by atoms with Crippen LogP contribution < -0.4 is 0 Å². The number of aliphatic hydroxyl groups is 1. The summed E-state index contributed by atoms with van der Waals surface area (Å²) in [6.45, 7) is 8.56. The molecule has 0 aromatic carbocycles. The Balaban J connectivity index is 2.29. The summed E-state index contributed by atoms with van der Waals surface area (Å²) in [4.78, 5) is 2.58. The summed E-state index contributed by atoms with van der Waals surface area (Å²) in [6.07, 6.45) is 17.4. The molecule has 1 fully saturated rings. The number of unbranched alkanes of at least 4 members (excludes halogenated alkanes) is 8. The van der Waals surface area contributed by atoms with Gasteiger partial charge in [0.15, 0.2) is 0 Å². The normalized spacial score (nSPS) is 22.8. The minimum absolute atomic E-state index is 0.442. The van der Waals surface area contributed by atoms with Gasteiger partial charge in [-0.1, -0.05) is 78.1 Å². The smallest absolute Gasteiger partial charge is 0.0758 e. The van der Waals surface area contributed by atoms with Gasteiger partial charge < -0.3 is 5.11 Å². The lowest BCUT2D eigenvalue weighted by molar-refractivity contribution is 0.0598. The van der Waals surface area contributed by atoms with Crippen LogP contribution in [-0.2, 0) is 0 Å². The zero-order valence-corrected chi connectivity index (χ0v) is 15.6. The third-order valence-corrected chi connectivity index (χ3v) is 5.28. The number of nitrogens with zero attached hydrogens (tertiary/aromatic N) is 1. The molecule has 1 saturated heterocycles. The van der Waals surface area contributed by atoms with E-state index in [9.17, 15) is 5.11 Å². The topological polar surface area (TPSA) is 23.5 Å². The summed E-state index contributed by atoms with van der Waals surface area (Å²) in [5.74, 6) is 0. The highest BCUT2D eigenvalue weighted by molar-refractivity contribution is 4.89. The van der Waals surface area contributed by atoms with E-state index in [0.29, 0.717) is 0 Å². The molecule has 0 spiro atoms. The zero-order chi connectivity index (χ0) is 16.3. The highest BCUT2D eigenvalue weighted by Gasteiger charge is 2.34. The van der Waals surface area contributed by atoms with Crippen molar-refractivity contribution in [2.24, 2.45) is 0 Å². The molecule has 0 saturated carbocycles. The summed E-state index contributed by atoms with van der Waals surface area (Å²) < 4.78 is 0. The van der Waals surface area contributed by atoms with Crippen LogP contribution in [0.3, 0.4) is 0 Å². The molecule has 1 aliphatic rings. The zero-order valence-electron chi connectivity index (χ0n) is 15.6. The number of likely N-dealkylation sites (tertiary alicyclic amines) is 1. The van der Waals surface area contributed by atoms with Crippen LogP contribution >= 0.6 is 0 Å². The van der Waals surface area contributed by atoms with Gasteiger partial charge in [0, 0.05) is 19.1 Å². The SMILES string of the molecule is CCCCCCCC(CCCCCCC)N1CC[C@@](C)(O)C1. The largest absolute Gasteiger partial charge is 0.389 e. The second-order valence-corrected chi connectivity index (χ2v) is 7.78. The molecule has 0 aromatic heterocycles. The van der Waals surface area contributed by atoms with Gasteiger partial charge in [-0.3, -0.25) is 4.90 Å². The van der Waals surface area contributed by atoms with E-state index in [1.807, 2.05) is 6.92 Å². The van der Waals surface area contributed by atoms with Crippen molar-refractivity contribution in [1.82, 2.24) is 4.90 Å². The Morgan fingerprint density at radius 2 is 1.36 bits per heavy atom. The van der Waals surface area contributed by atoms with Gasteiger partial charge in [0.1, 0.15) is 0 Å². The van der Waals surface area contributed by atoms with Crippen LogP contribution in [0.25, 0.3) is 0 Å². The predicted octanol–water partition coefficient (Wildman–Crippen LogP) is 5.53. The molecule has 0 aliphatic carbocycles. The number of hydrogen-bond donors (Lipinski definition) is 1. The van der Waals surface area contributed by atoms with Gasteiger partial charge in [-0.15, -0.1) is 0 Å². The number of hydrogen-bond acceptors (Lipinski definition) is 2. The summed E-state index contributed by atoms with van der Waals surface area (Å²) in [7, 11) is 0. The van der Waals surface area contributed by atoms with Crippen LogP contribution in [0.4, 0.5) is 0 Å². The minimum atomic E-state index is -0.442. The van der Waals surface area contributed by atoms with E-state index in [1.165, 1.54) is 77.0 Å². The van der Waals surface area contributed by atoms with Gasteiger partial charge in [0.05, 0.1) is 5.60 Å². The minimum Gasteiger partial charge on any atom is -0.389 e. The average molecular weight is 312 g/mol. The number of rotatable bonds is 13. The summed E-state index contributed by atoms with van der Waals surface area (Å²) in [5.41, 5.74) is -0.442. The molecular formula is C20H41NO. The van der Waals surface area contributed by atoms with Gasteiger partial charge >= 0.3 is 0 Å². The van der Waals surface area contributed by atoms with E-state index in [-0.39, 0.29) is 0 Å². The van der Waals surface area contributed by atoms with E-state index in [0.717, 1.165) is 25.6 Å². The van der Waals surface area contributed by atoms with Gasteiger partial charge in [-0.25, -0.2) is 0 Å². The third-order valence-electron chi connectivity index (χ3n) is 5.28. The molecule has 22 heavy (non-hydrogen) atoms. The number of β-amino-alcohol motifs (C(OH)–C–C–N with tert-alkyl or cyclic N) is 1. The first kappa shape index (κ1) is 20.0. The summed E-state index contributed by atoms with van der Waals surface area (Å²) >= 11 is 0. The van der Waals surface area contributed by atoms with E-state index in [2.05, 4.69) is 18.7 Å². The lowest BCUT2D eigenvalue weighted by Crippen LogP contribution is -2.37. The van der Waals surface area contributed by atoms with E-state index >= 15 is 0 Å². The fourth-order valence-electron chi connectivity index (χ4n) is 3.77. The van der Waals surface area contributed by atoms with Crippen molar-refractivity contribution >= 4 is 0 Å². The highest BCUT2D eigenvalue weighted by atomic mass is 16.3. The molecule has 132 valence electrons. The Morgan fingerprint density at radius 1 is 0.864 bits per heavy atom. The van der Waals surface area contributed by atoms with Crippen molar-refractivity contribution in [2.45, 2.75) is 116 Å². The lowest BCUT2D eigenvalue weighted by Gasteiger charge is -2.29. The monoisotopic (exact) mass is 311 g/mol. The molecule has 1 rings (SSSR count). The van der Waals surface area contributed by atoms with Crippen LogP contribution in [0.1, 0.15) is 104 Å². The maximum atomic E-state index is 10.3.